The van der Waals surface area contributed by atoms with Crippen molar-refractivity contribution < 1.29 is 17.9 Å². The second-order valence-corrected chi connectivity index (χ2v) is 1.82. The normalized spacial score (nSPS) is 27.3. The second kappa shape index (κ2) is 2.73. The highest BCUT2D eigenvalue weighted by molar-refractivity contribution is 4.65. The first kappa shape index (κ1) is 7.77. The molecular weight excluding hydrogens is 149 g/mol. The molecule has 1 atom stereocenters. The summed E-state index contributed by atoms with van der Waals surface area (Å²) in [6.45, 7) is 0.306. The van der Waals surface area contributed by atoms with Crippen LogP contribution in [0.25, 0.3) is 0 Å². The lowest BCUT2D eigenvalue weighted by Gasteiger charge is -2.12. The molecule has 1 rings (SSSR count). The molecular formula is C4H6F3N2O. The van der Waals surface area contributed by atoms with E-state index < -0.39 is 12.6 Å². The molecule has 0 aliphatic carbocycles. The summed E-state index contributed by atoms with van der Waals surface area (Å²) < 4.78 is 37.8. The molecule has 1 aliphatic rings. The van der Waals surface area contributed by atoms with Crippen molar-refractivity contribution in [3.63, 3.8) is 0 Å². The Labute approximate surface area is 55.5 Å². The van der Waals surface area contributed by atoms with E-state index in [9.17, 15) is 13.2 Å². The Morgan fingerprint density at radius 2 is 2.20 bits per heavy atom. The van der Waals surface area contributed by atoms with Crippen LogP contribution in [0.1, 0.15) is 0 Å². The minimum Gasteiger partial charge on any atom is -0.277 e. The molecule has 1 heterocycles. The SMILES string of the molecule is FC(F)(F)OC1C[N]CN1. The summed E-state index contributed by atoms with van der Waals surface area (Å²) in [6, 6.07) is 0. The summed E-state index contributed by atoms with van der Waals surface area (Å²) >= 11 is 0. The highest BCUT2D eigenvalue weighted by atomic mass is 19.4. The van der Waals surface area contributed by atoms with Gasteiger partial charge in [-0.25, -0.2) is 5.32 Å². The molecule has 1 aliphatic heterocycles. The fourth-order valence-electron chi connectivity index (χ4n) is 0.653. The van der Waals surface area contributed by atoms with Crippen LogP contribution in [0.5, 0.6) is 0 Å². The Kier molecular flexibility index (Phi) is 2.12. The molecule has 10 heavy (non-hydrogen) atoms. The molecule has 0 aromatic carbocycles. The van der Waals surface area contributed by atoms with E-state index in [0.717, 1.165) is 0 Å². The van der Waals surface area contributed by atoms with E-state index in [4.69, 9.17) is 0 Å². The molecule has 0 spiro atoms. The van der Waals surface area contributed by atoms with Crippen LogP contribution in [0.2, 0.25) is 0 Å². The predicted molar refractivity (Wildman–Crippen MR) is 25.9 cm³/mol. The van der Waals surface area contributed by atoms with Gasteiger partial charge in [0.25, 0.3) is 0 Å². The van der Waals surface area contributed by atoms with E-state index in [1.807, 2.05) is 0 Å². The quantitative estimate of drug-likeness (QED) is 0.579. The summed E-state index contributed by atoms with van der Waals surface area (Å²) in [5.41, 5.74) is 0. The monoisotopic (exact) mass is 155 g/mol. The third-order valence-electron chi connectivity index (χ3n) is 1.00. The average Bonchev–Trinajstić information content (AvgIpc) is 2.12. The number of hydrogen-bond donors (Lipinski definition) is 1. The van der Waals surface area contributed by atoms with Crippen molar-refractivity contribution in [2.24, 2.45) is 0 Å². The van der Waals surface area contributed by atoms with Crippen molar-refractivity contribution in [2.45, 2.75) is 12.6 Å². The van der Waals surface area contributed by atoms with Gasteiger partial charge < -0.3 is 0 Å². The maximum atomic E-state index is 11.4. The number of ether oxygens (including phenoxy) is 1. The standard InChI is InChI=1S/C4H6F3N2O/c5-4(6,7)10-3-1-8-2-9-3/h3,9H,1-2H2. The summed E-state index contributed by atoms with van der Waals surface area (Å²) in [5.74, 6) is 0. The zero-order valence-electron chi connectivity index (χ0n) is 4.98. The van der Waals surface area contributed by atoms with Gasteiger partial charge in [-0.05, 0) is 0 Å². The number of hydrogen-bond acceptors (Lipinski definition) is 2. The third-order valence-corrected chi connectivity index (χ3v) is 1.00. The molecule has 0 aromatic rings. The third kappa shape index (κ3) is 2.51. The fourth-order valence-corrected chi connectivity index (χ4v) is 0.653. The largest absolute Gasteiger partial charge is 0.524 e. The number of alkyl halides is 3. The van der Waals surface area contributed by atoms with Crippen LogP contribution in [0.4, 0.5) is 13.2 Å². The van der Waals surface area contributed by atoms with E-state index in [1.54, 1.807) is 0 Å². The van der Waals surface area contributed by atoms with Crippen LogP contribution in [-0.4, -0.2) is 25.8 Å². The van der Waals surface area contributed by atoms with Crippen molar-refractivity contribution in [3.8, 4) is 0 Å². The van der Waals surface area contributed by atoms with E-state index in [1.165, 1.54) is 0 Å². The van der Waals surface area contributed by atoms with Gasteiger partial charge in [0.15, 0.2) is 0 Å². The molecule has 0 aromatic heterocycles. The Hall–Kier alpha value is -0.330. The Morgan fingerprint density at radius 1 is 1.50 bits per heavy atom. The molecule has 1 N–H and O–H groups in total. The topological polar surface area (TPSA) is 35.4 Å². The summed E-state index contributed by atoms with van der Waals surface area (Å²) in [7, 11) is 0. The predicted octanol–water partition coefficient (Wildman–Crippen LogP) is 0.0140. The highest BCUT2D eigenvalue weighted by Gasteiger charge is 2.34. The highest BCUT2D eigenvalue weighted by Crippen LogP contribution is 2.18. The molecule has 0 saturated carbocycles. The van der Waals surface area contributed by atoms with Gasteiger partial charge >= 0.3 is 6.36 Å². The number of nitrogens with zero attached hydrogens (tertiary/aromatic N) is 1. The van der Waals surface area contributed by atoms with E-state index in [0.29, 0.717) is 0 Å². The maximum Gasteiger partial charge on any atom is 0.524 e. The Bertz CT molecular complexity index is 110. The molecule has 1 unspecified atom stereocenters. The number of halogens is 3. The summed E-state index contributed by atoms with van der Waals surface area (Å²) in [6.07, 6.45) is -5.54. The first-order valence-corrected chi connectivity index (χ1v) is 2.69. The van der Waals surface area contributed by atoms with Crippen LogP contribution in [0.15, 0.2) is 0 Å². The summed E-state index contributed by atoms with van der Waals surface area (Å²) in [5, 5.41) is 6.02. The lowest BCUT2D eigenvalue weighted by molar-refractivity contribution is -0.342. The van der Waals surface area contributed by atoms with Crippen molar-refractivity contribution in [1.82, 2.24) is 10.6 Å². The molecule has 1 saturated heterocycles. The zero-order chi connectivity index (χ0) is 7.61. The van der Waals surface area contributed by atoms with Gasteiger partial charge in [0, 0.05) is 0 Å². The fraction of sp³-hybridized carbons (Fsp3) is 1.00. The number of nitrogens with one attached hydrogen (secondary N) is 1. The van der Waals surface area contributed by atoms with Crippen molar-refractivity contribution in [3.05, 3.63) is 0 Å². The van der Waals surface area contributed by atoms with Gasteiger partial charge in [-0.1, -0.05) is 0 Å². The molecule has 0 amide bonds. The van der Waals surface area contributed by atoms with Gasteiger partial charge in [0.2, 0.25) is 0 Å². The molecule has 1 fully saturated rings. The summed E-state index contributed by atoms with van der Waals surface area (Å²) in [4.78, 5) is 0. The number of rotatable bonds is 1. The molecule has 6 heteroatoms. The molecule has 59 valence electrons. The van der Waals surface area contributed by atoms with E-state index in [-0.39, 0.29) is 13.2 Å². The lowest BCUT2D eigenvalue weighted by Crippen LogP contribution is -2.33. The lowest BCUT2D eigenvalue weighted by atomic mass is 10.6. The zero-order valence-corrected chi connectivity index (χ0v) is 4.98. The van der Waals surface area contributed by atoms with Gasteiger partial charge in [-0.2, -0.15) is 0 Å². The first-order chi connectivity index (χ1) is 4.58. The molecule has 1 radical (unpaired) electrons. The van der Waals surface area contributed by atoms with Crippen molar-refractivity contribution >= 4 is 0 Å². The van der Waals surface area contributed by atoms with Crippen molar-refractivity contribution in [1.29, 1.82) is 0 Å². The second-order valence-electron chi connectivity index (χ2n) is 1.82. The van der Waals surface area contributed by atoms with Crippen LogP contribution in [0.3, 0.4) is 0 Å². The minimum absolute atomic E-state index is 0.0690. The van der Waals surface area contributed by atoms with Crippen LogP contribution in [-0.2, 0) is 4.74 Å². The smallest absolute Gasteiger partial charge is 0.277 e. The van der Waals surface area contributed by atoms with E-state index >= 15 is 0 Å². The Balaban J connectivity index is 2.24. The average molecular weight is 155 g/mol. The van der Waals surface area contributed by atoms with Crippen LogP contribution >= 0.6 is 0 Å². The van der Waals surface area contributed by atoms with Crippen LogP contribution in [0, 0.1) is 0 Å². The first-order valence-electron chi connectivity index (χ1n) is 2.69. The van der Waals surface area contributed by atoms with E-state index in [2.05, 4.69) is 15.4 Å². The Morgan fingerprint density at radius 3 is 2.60 bits per heavy atom. The van der Waals surface area contributed by atoms with Crippen molar-refractivity contribution in [2.75, 3.05) is 13.2 Å². The van der Waals surface area contributed by atoms with Gasteiger partial charge in [-0.3, -0.25) is 10.1 Å². The minimum atomic E-state index is -4.56. The molecule has 0 bridgehead atoms. The van der Waals surface area contributed by atoms with Gasteiger partial charge in [0.05, 0.1) is 13.2 Å². The van der Waals surface area contributed by atoms with Crippen LogP contribution < -0.4 is 10.6 Å². The molecule has 3 nitrogen and oxygen atoms in total. The maximum absolute atomic E-state index is 11.4. The van der Waals surface area contributed by atoms with Gasteiger partial charge in [0.1, 0.15) is 6.23 Å². The van der Waals surface area contributed by atoms with Gasteiger partial charge in [-0.15, -0.1) is 13.2 Å².